The smallest absolute Gasteiger partial charge is 0.227 e. The van der Waals surface area contributed by atoms with Gasteiger partial charge in [-0.1, -0.05) is 11.6 Å². The van der Waals surface area contributed by atoms with Gasteiger partial charge < -0.3 is 15.1 Å². The van der Waals surface area contributed by atoms with Crippen LogP contribution >= 0.6 is 11.6 Å². The molecule has 1 amide bonds. The van der Waals surface area contributed by atoms with E-state index >= 15 is 0 Å². The normalized spacial score (nSPS) is 20.3. The molecule has 0 aliphatic carbocycles. The molecule has 2 saturated heterocycles. The second-order valence-corrected chi connectivity index (χ2v) is 10.2. The number of carbonyl (C=O) groups is 1. The number of piperidine rings is 1. The number of sulfonamides is 1. The van der Waals surface area contributed by atoms with Crippen molar-refractivity contribution in [3.05, 3.63) is 23.2 Å². The molecule has 3 rings (SSSR count). The van der Waals surface area contributed by atoms with E-state index in [-0.39, 0.29) is 17.6 Å². The van der Waals surface area contributed by atoms with E-state index in [4.69, 9.17) is 11.6 Å². The lowest BCUT2D eigenvalue weighted by molar-refractivity contribution is -0.120. The van der Waals surface area contributed by atoms with Gasteiger partial charge in [-0.3, -0.25) is 4.79 Å². The number of likely N-dealkylation sites (N-methyl/N-ethyl adjacent to an activating group) is 1. The van der Waals surface area contributed by atoms with Gasteiger partial charge in [-0.2, -0.15) is 0 Å². The number of benzene rings is 1. The Balaban J connectivity index is 1.67. The van der Waals surface area contributed by atoms with Crippen molar-refractivity contribution >= 4 is 38.9 Å². The molecule has 1 aromatic carbocycles. The number of piperazine rings is 1. The van der Waals surface area contributed by atoms with Gasteiger partial charge in [0.25, 0.3) is 0 Å². The lowest BCUT2D eigenvalue weighted by Gasteiger charge is -2.35. The lowest BCUT2D eigenvalue weighted by Crippen LogP contribution is -2.45. The summed E-state index contributed by atoms with van der Waals surface area (Å²) in [5, 5.41) is 3.63. The molecular formula is C19H29ClN4O3S. The topological polar surface area (TPSA) is 73.0 Å². The lowest BCUT2D eigenvalue weighted by atomic mass is 9.97. The van der Waals surface area contributed by atoms with Gasteiger partial charge in [-0.25, -0.2) is 12.7 Å². The number of anilines is 2. The van der Waals surface area contributed by atoms with Crippen LogP contribution in [0, 0.1) is 5.92 Å². The fourth-order valence-electron chi connectivity index (χ4n) is 3.75. The minimum Gasteiger partial charge on any atom is -0.367 e. The van der Waals surface area contributed by atoms with E-state index in [1.807, 2.05) is 12.1 Å². The molecule has 9 heteroatoms. The van der Waals surface area contributed by atoms with Gasteiger partial charge in [0.2, 0.25) is 15.9 Å². The van der Waals surface area contributed by atoms with Crippen molar-refractivity contribution in [2.24, 2.45) is 5.92 Å². The summed E-state index contributed by atoms with van der Waals surface area (Å²) in [7, 11) is -1.08. The van der Waals surface area contributed by atoms with Crippen LogP contribution < -0.4 is 10.2 Å². The predicted octanol–water partition coefficient (Wildman–Crippen LogP) is 2.09. The zero-order valence-corrected chi connectivity index (χ0v) is 18.1. The molecule has 0 saturated carbocycles. The quantitative estimate of drug-likeness (QED) is 0.777. The van der Waals surface area contributed by atoms with Crippen molar-refractivity contribution < 1.29 is 13.2 Å². The predicted molar refractivity (Wildman–Crippen MR) is 114 cm³/mol. The zero-order chi connectivity index (χ0) is 20.3. The molecule has 2 heterocycles. The highest BCUT2D eigenvalue weighted by Crippen LogP contribution is 2.31. The molecule has 0 radical (unpaired) electrons. The van der Waals surface area contributed by atoms with Gasteiger partial charge in [0.15, 0.2) is 0 Å². The van der Waals surface area contributed by atoms with Crippen molar-refractivity contribution in [2.75, 3.05) is 62.3 Å². The van der Waals surface area contributed by atoms with Crippen LogP contribution in [-0.2, 0) is 14.8 Å². The highest BCUT2D eigenvalue weighted by molar-refractivity contribution is 7.89. The summed E-state index contributed by atoms with van der Waals surface area (Å²) in [5.41, 5.74) is 1.71. The van der Waals surface area contributed by atoms with Crippen molar-refractivity contribution in [2.45, 2.75) is 19.8 Å². The molecule has 0 unspecified atom stereocenters. The van der Waals surface area contributed by atoms with Crippen LogP contribution in [0.15, 0.2) is 18.2 Å². The number of amides is 1. The van der Waals surface area contributed by atoms with Crippen LogP contribution in [-0.4, -0.2) is 75.6 Å². The highest BCUT2D eigenvalue weighted by Gasteiger charge is 2.30. The first-order chi connectivity index (χ1) is 13.3. The Morgan fingerprint density at radius 3 is 2.39 bits per heavy atom. The third kappa shape index (κ3) is 4.97. The van der Waals surface area contributed by atoms with Crippen LogP contribution in [0.4, 0.5) is 11.4 Å². The average Bonchev–Trinajstić information content (AvgIpc) is 2.69. The molecule has 2 aliphatic rings. The van der Waals surface area contributed by atoms with E-state index in [0.29, 0.717) is 31.0 Å². The number of halogens is 1. The minimum absolute atomic E-state index is 0.0637. The van der Waals surface area contributed by atoms with E-state index in [9.17, 15) is 13.2 Å². The molecule has 1 aromatic rings. The van der Waals surface area contributed by atoms with E-state index in [2.05, 4.69) is 22.2 Å². The molecule has 1 N–H and O–H groups in total. The molecule has 28 heavy (non-hydrogen) atoms. The van der Waals surface area contributed by atoms with Crippen molar-refractivity contribution in [3.8, 4) is 0 Å². The van der Waals surface area contributed by atoms with Crippen molar-refractivity contribution in [1.82, 2.24) is 9.21 Å². The largest absolute Gasteiger partial charge is 0.367 e. The number of nitrogens with zero attached hydrogens (tertiary/aromatic N) is 3. The Hall–Kier alpha value is -1.35. The number of hydrogen-bond acceptors (Lipinski definition) is 5. The van der Waals surface area contributed by atoms with Crippen LogP contribution in [0.2, 0.25) is 5.02 Å². The summed E-state index contributed by atoms with van der Waals surface area (Å²) in [6.07, 6.45) is 1.07. The van der Waals surface area contributed by atoms with E-state index in [1.54, 1.807) is 13.0 Å². The van der Waals surface area contributed by atoms with Gasteiger partial charge >= 0.3 is 0 Å². The summed E-state index contributed by atoms with van der Waals surface area (Å²) >= 11 is 6.18. The van der Waals surface area contributed by atoms with Gasteiger partial charge in [0.05, 0.1) is 17.1 Å². The molecule has 0 spiro atoms. The van der Waals surface area contributed by atoms with Crippen molar-refractivity contribution in [1.29, 1.82) is 0 Å². The Kier molecular flexibility index (Phi) is 6.85. The number of nitrogens with one attached hydrogen (secondary N) is 1. The third-order valence-corrected chi connectivity index (χ3v) is 7.76. The average molecular weight is 429 g/mol. The first-order valence-corrected chi connectivity index (χ1v) is 11.8. The molecular weight excluding hydrogens is 400 g/mol. The van der Waals surface area contributed by atoms with Gasteiger partial charge in [-0.05, 0) is 45.0 Å². The van der Waals surface area contributed by atoms with Crippen LogP contribution in [0.1, 0.15) is 19.8 Å². The fourth-order valence-corrected chi connectivity index (χ4v) is 5.05. The Bertz CT molecular complexity index is 801. The van der Waals surface area contributed by atoms with Crippen molar-refractivity contribution in [3.63, 3.8) is 0 Å². The molecule has 2 fully saturated rings. The third-order valence-electron chi connectivity index (χ3n) is 5.64. The first kappa shape index (κ1) is 21.4. The van der Waals surface area contributed by atoms with Gasteiger partial charge in [0.1, 0.15) is 0 Å². The zero-order valence-electron chi connectivity index (χ0n) is 16.5. The SMILES string of the molecule is CCS(=O)(=O)N1CCC(C(=O)Nc2cc(Cl)ccc2N2CCN(C)CC2)CC1. The Labute approximate surface area is 172 Å². The Morgan fingerprint density at radius 2 is 1.79 bits per heavy atom. The first-order valence-electron chi connectivity index (χ1n) is 9.82. The second kappa shape index (κ2) is 8.98. The highest BCUT2D eigenvalue weighted by atomic mass is 35.5. The fraction of sp³-hybridized carbons (Fsp3) is 0.632. The standard InChI is InChI=1S/C19H29ClN4O3S/c1-3-28(26,27)24-8-6-15(7-9-24)19(25)21-17-14-16(20)4-5-18(17)23-12-10-22(2)11-13-23/h4-5,14-15H,3,6-13H2,1-2H3,(H,21,25). The summed E-state index contributed by atoms with van der Waals surface area (Å²) in [5.74, 6) is -0.158. The summed E-state index contributed by atoms with van der Waals surface area (Å²) < 4.78 is 25.5. The maximum Gasteiger partial charge on any atom is 0.227 e. The summed E-state index contributed by atoms with van der Waals surface area (Å²) in [6.45, 7) is 6.18. The Morgan fingerprint density at radius 1 is 1.14 bits per heavy atom. The van der Waals surface area contributed by atoms with E-state index in [1.165, 1.54) is 4.31 Å². The molecule has 0 aromatic heterocycles. The minimum atomic E-state index is -3.19. The second-order valence-electron chi connectivity index (χ2n) is 7.51. The van der Waals surface area contributed by atoms with Crippen LogP contribution in [0.3, 0.4) is 0 Å². The van der Waals surface area contributed by atoms with Crippen LogP contribution in [0.25, 0.3) is 0 Å². The van der Waals surface area contributed by atoms with Gasteiger partial charge in [-0.15, -0.1) is 0 Å². The number of rotatable bonds is 5. The monoisotopic (exact) mass is 428 g/mol. The maximum absolute atomic E-state index is 12.8. The van der Waals surface area contributed by atoms with Gasteiger partial charge in [0, 0.05) is 50.2 Å². The maximum atomic E-state index is 12.8. The molecule has 0 atom stereocenters. The van der Waals surface area contributed by atoms with E-state index in [0.717, 1.165) is 37.6 Å². The van der Waals surface area contributed by atoms with Crippen LogP contribution in [0.5, 0.6) is 0 Å². The number of hydrogen-bond donors (Lipinski definition) is 1. The molecule has 156 valence electrons. The van der Waals surface area contributed by atoms with E-state index < -0.39 is 10.0 Å². The summed E-state index contributed by atoms with van der Waals surface area (Å²) in [4.78, 5) is 17.4. The molecule has 7 nitrogen and oxygen atoms in total. The molecule has 0 bridgehead atoms. The number of carbonyl (C=O) groups excluding carboxylic acids is 1. The molecule has 2 aliphatic heterocycles. The summed E-state index contributed by atoms with van der Waals surface area (Å²) in [6, 6.07) is 5.60.